The van der Waals surface area contributed by atoms with Gasteiger partial charge in [-0.05, 0) is 57.5 Å². The second-order valence-corrected chi connectivity index (χ2v) is 11.6. The Kier molecular flexibility index (Phi) is 8.40. The van der Waals surface area contributed by atoms with E-state index in [1.165, 1.54) is 4.90 Å². The highest BCUT2D eigenvalue weighted by Crippen LogP contribution is 2.54. The number of aromatic hydroxyl groups is 1. The van der Waals surface area contributed by atoms with Gasteiger partial charge in [0, 0.05) is 31.3 Å². The van der Waals surface area contributed by atoms with E-state index in [0.717, 1.165) is 12.8 Å². The number of phenolic OH excluding ortho intramolecular Hbond substituents is 1. The Morgan fingerprint density at radius 2 is 1.81 bits per heavy atom. The van der Waals surface area contributed by atoms with E-state index in [0.29, 0.717) is 17.8 Å². The zero-order chi connectivity index (χ0) is 31.3. The van der Waals surface area contributed by atoms with Crippen molar-refractivity contribution in [3.8, 4) is 5.75 Å². The third-order valence-electron chi connectivity index (χ3n) is 8.45. The third-order valence-corrected chi connectivity index (χ3v) is 8.45. The number of likely N-dealkylation sites (N-methyl/N-ethyl adjacent to an activating group) is 1. The molecule has 3 aliphatic rings. The molecular formula is C29H39N5O8. The molecule has 13 nitrogen and oxygen atoms in total. The van der Waals surface area contributed by atoms with Crippen molar-refractivity contribution in [1.82, 2.24) is 10.2 Å². The number of benzene rings is 1. The lowest BCUT2D eigenvalue weighted by molar-refractivity contribution is -0.153. The number of nitrogens with two attached hydrogens (primary N) is 1. The van der Waals surface area contributed by atoms with E-state index in [2.05, 4.69) is 10.6 Å². The molecule has 8 N–H and O–H groups in total. The van der Waals surface area contributed by atoms with E-state index in [1.54, 1.807) is 39.2 Å². The zero-order valence-electron chi connectivity index (χ0n) is 24.4. The molecule has 0 saturated heterocycles. The summed E-state index contributed by atoms with van der Waals surface area (Å²) in [6, 6.07) is 0.422. The van der Waals surface area contributed by atoms with Crippen molar-refractivity contribution >= 4 is 40.5 Å². The summed E-state index contributed by atoms with van der Waals surface area (Å²) in [4.78, 5) is 55.2. The normalized spacial score (nSPS) is 25.3. The van der Waals surface area contributed by atoms with Crippen LogP contribution in [0.4, 0.5) is 11.4 Å². The van der Waals surface area contributed by atoms with Crippen molar-refractivity contribution in [3.05, 3.63) is 34.1 Å². The predicted octanol–water partition coefficient (Wildman–Crippen LogP) is 0.358. The first-order chi connectivity index (χ1) is 19.7. The lowest BCUT2D eigenvalue weighted by Crippen LogP contribution is -2.65. The SMILES string of the molecule is CCCCNCC(=O)Nc1cc(N(C)C)c2c(c1O)C(O)=C1C(=O)[C@]3(O)C(O)=C(C(N)=O)C(=O)[C@@H](N(C)C)C3CC1C2. The highest BCUT2D eigenvalue weighted by Gasteiger charge is 2.64. The van der Waals surface area contributed by atoms with Crippen LogP contribution in [0.1, 0.15) is 37.3 Å². The van der Waals surface area contributed by atoms with Gasteiger partial charge in [-0.1, -0.05) is 13.3 Å². The van der Waals surface area contributed by atoms with Crippen LogP contribution in [0, 0.1) is 11.8 Å². The van der Waals surface area contributed by atoms with Crippen LogP contribution in [0.2, 0.25) is 0 Å². The molecule has 1 aromatic rings. The van der Waals surface area contributed by atoms with Gasteiger partial charge < -0.3 is 41.7 Å². The lowest BCUT2D eigenvalue weighted by atomic mass is 9.57. The Morgan fingerprint density at radius 3 is 2.38 bits per heavy atom. The Hall–Kier alpha value is -3.94. The van der Waals surface area contributed by atoms with Crippen molar-refractivity contribution < 1.29 is 39.6 Å². The van der Waals surface area contributed by atoms with Crippen molar-refractivity contribution in [2.75, 3.05) is 51.5 Å². The van der Waals surface area contributed by atoms with Gasteiger partial charge in [-0.2, -0.15) is 0 Å². The second kappa shape index (κ2) is 11.4. The van der Waals surface area contributed by atoms with E-state index in [9.17, 15) is 39.6 Å². The number of aliphatic hydroxyl groups excluding tert-OH is 2. The number of unbranched alkanes of at least 4 members (excludes halogenated alkanes) is 1. The molecule has 42 heavy (non-hydrogen) atoms. The Morgan fingerprint density at radius 1 is 1.14 bits per heavy atom. The number of aliphatic hydroxyl groups is 3. The number of rotatable bonds is 9. The number of anilines is 2. The van der Waals surface area contributed by atoms with Crippen LogP contribution in [-0.2, 0) is 25.6 Å². The number of amides is 2. The molecule has 0 bridgehead atoms. The quantitative estimate of drug-likeness (QED) is 0.120. The van der Waals surface area contributed by atoms with Gasteiger partial charge in [0.15, 0.2) is 11.4 Å². The van der Waals surface area contributed by atoms with Crippen LogP contribution in [0.25, 0.3) is 5.76 Å². The minimum Gasteiger partial charge on any atom is -0.508 e. The van der Waals surface area contributed by atoms with Gasteiger partial charge in [-0.25, -0.2) is 0 Å². The third kappa shape index (κ3) is 4.80. The fourth-order valence-electron chi connectivity index (χ4n) is 6.48. The average molecular weight is 586 g/mol. The summed E-state index contributed by atoms with van der Waals surface area (Å²) < 4.78 is 0. The van der Waals surface area contributed by atoms with Gasteiger partial charge in [0.25, 0.3) is 5.91 Å². The Labute approximate surface area is 243 Å². The van der Waals surface area contributed by atoms with Crippen LogP contribution in [0.3, 0.4) is 0 Å². The summed E-state index contributed by atoms with van der Waals surface area (Å²) >= 11 is 0. The van der Waals surface area contributed by atoms with Crippen LogP contribution >= 0.6 is 0 Å². The summed E-state index contributed by atoms with van der Waals surface area (Å²) in [5.74, 6) is -7.71. The molecule has 1 aromatic carbocycles. The minimum absolute atomic E-state index is 0.00452. The molecule has 0 aromatic heterocycles. The highest BCUT2D eigenvalue weighted by atomic mass is 16.3. The molecular weight excluding hydrogens is 546 g/mol. The van der Waals surface area contributed by atoms with Gasteiger partial charge in [0.2, 0.25) is 11.7 Å². The number of Topliss-reactive ketones (excluding diaryl/α,β-unsaturated/α-hetero) is 2. The van der Waals surface area contributed by atoms with Gasteiger partial charge in [-0.3, -0.25) is 24.1 Å². The van der Waals surface area contributed by atoms with E-state index in [-0.39, 0.29) is 36.2 Å². The first-order valence-corrected chi connectivity index (χ1v) is 13.9. The molecule has 0 heterocycles. The molecule has 2 unspecified atom stereocenters. The predicted molar refractivity (Wildman–Crippen MR) is 155 cm³/mol. The number of carbonyl (C=O) groups excluding carboxylic acids is 4. The Balaban J connectivity index is 1.86. The average Bonchev–Trinajstić information content (AvgIpc) is 2.89. The van der Waals surface area contributed by atoms with Gasteiger partial charge in [-0.15, -0.1) is 0 Å². The van der Waals surface area contributed by atoms with Gasteiger partial charge >= 0.3 is 0 Å². The maximum Gasteiger partial charge on any atom is 0.255 e. The molecule has 0 radical (unpaired) electrons. The highest BCUT2D eigenvalue weighted by molar-refractivity contribution is 6.24. The molecule has 4 rings (SSSR count). The topological polar surface area (TPSA) is 206 Å². The fraction of sp³-hybridized carbons (Fsp3) is 0.517. The molecule has 0 spiro atoms. The summed E-state index contributed by atoms with van der Waals surface area (Å²) in [7, 11) is 6.60. The number of nitrogens with zero attached hydrogens (tertiary/aromatic N) is 2. The molecule has 0 aliphatic heterocycles. The lowest BCUT2D eigenvalue weighted by Gasteiger charge is -2.50. The second-order valence-electron chi connectivity index (χ2n) is 11.6. The monoisotopic (exact) mass is 585 g/mol. The largest absolute Gasteiger partial charge is 0.508 e. The van der Waals surface area contributed by atoms with E-state index in [1.807, 2.05) is 6.92 Å². The van der Waals surface area contributed by atoms with Crippen LogP contribution < -0.4 is 21.3 Å². The Bertz CT molecular complexity index is 1410. The fourth-order valence-corrected chi connectivity index (χ4v) is 6.48. The number of primary amides is 1. The number of fused-ring (bicyclic) bond motifs is 3. The van der Waals surface area contributed by atoms with Crippen LogP contribution in [0.15, 0.2) is 23.0 Å². The molecule has 3 aliphatic carbocycles. The number of phenols is 1. The van der Waals surface area contributed by atoms with Crippen molar-refractivity contribution in [2.45, 2.75) is 44.2 Å². The minimum atomic E-state index is -2.72. The van der Waals surface area contributed by atoms with Crippen molar-refractivity contribution in [3.63, 3.8) is 0 Å². The maximum absolute atomic E-state index is 14.0. The summed E-state index contributed by atoms with van der Waals surface area (Å²) in [6.45, 7) is 2.66. The molecule has 228 valence electrons. The van der Waals surface area contributed by atoms with E-state index in [4.69, 9.17) is 5.73 Å². The summed E-state index contributed by atoms with van der Waals surface area (Å²) in [5, 5.41) is 51.2. The van der Waals surface area contributed by atoms with Crippen molar-refractivity contribution in [2.24, 2.45) is 17.6 Å². The maximum atomic E-state index is 14.0. The van der Waals surface area contributed by atoms with Gasteiger partial charge in [0.1, 0.15) is 22.8 Å². The summed E-state index contributed by atoms with van der Waals surface area (Å²) in [6.07, 6.45) is 1.98. The molecule has 1 fully saturated rings. The number of hydrogen-bond donors (Lipinski definition) is 7. The first kappa shape index (κ1) is 31.0. The molecule has 13 heteroatoms. The van der Waals surface area contributed by atoms with Crippen molar-refractivity contribution in [1.29, 1.82) is 0 Å². The molecule has 4 atom stereocenters. The number of carbonyl (C=O) groups is 4. The van der Waals surface area contributed by atoms with Gasteiger partial charge in [0.05, 0.1) is 23.8 Å². The molecule has 1 saturated carbocycles. The number of ketones is 2. The van der Waals surface area contributed by atoms with Crippen LogP contribution in [0.5, 0.6) is 5.75 Å². The standard InChI is InChI=1S/C29H39N5O8/c1-6-7-8-31-12-18(35)32-16-11-17(33(2)3)14-9-13-10-15-22(34(4)5)25(38)21(28(30)41)27(40)29(15,42)26(39)19(13)24(37)20(14)23(16)36/h11,13,15,22,31,36-37,40,42H,6-10,12H2,1-5H3,(H2,30,41)(H,32,35)/t13?,15?,22-,29-/m0/s1. The summed E-state index contributed by atoms with van der Waals surface area (Å²) in [5.41, 5.74) is 2.51. The zero-order valence-corrected chi connectivity index (χ0v) is 24.4. The van der Waals surface area contributed by atoms with Crippen LogP contribution in [-0.4, -0.2) is 102 Å². The first-order valence-electron chi connectivity index (χ1n) is 13.9. The van der Waals surface area contributed by atoms with E-state index >= 15 is 0 Å². The van der Waals surface area contributed by atoms with E-state index < -0.39 is 69.7 Å². The number of nitrogens with one attached hydrogen (secondary N) is 2. The smallest absolute Gasteiger partial charge is 0.255 e. The molecule has 2 amide bonds. The number of hydrogen-bond acceptors (Lipinski definition) is 11.